The minimum atomic E-state index is -0.483. The standard InChI is InChI=1S/C15H12N4O3/c20-15(17-11-5-7-12(8-6-11)19(21)22)9-18-10-16-13-3-1-2-4-14(13)18/h1-8,10H,9H2,(H,17,20). The Kier molecular flexibility index (Phi) is 3.53. The van der Waals surface area contributed by atoms with Crippen LogP contribution in [0, 0.1) is 10.1 Å². The van der Waals surface area contributed by atoms with Gasteiger partial charge in [-0.1, -0.05) is 12.1 Å². The number of nitro groups is 1. The highest BCUT2D eigenvalue weighted by atomic mass is 16.6. The molecular formula is C15H12N4O3. The van der Waals surface area contributed by atoms with Crippen LogP contribution in [0.4, 0.5) is 11.4 Å². The number of hydrogen-bond acceptors (Lipinski definition) is 4. The van der Waals surface area contributed by atoms with Gasteiger partial charge in [-0.25, -0.2) is 4.98 Å². The monoisotopic (exact) mass is 296 g/mol. The Hall–Kier alpha value is -3.22. The summed E-state index contributed by atoms with van der Waals surface area (Å²) in [5, 5.41) is 13.3. The molecule has 0 spiro atoms. The Balaban J connectivity index is 1.71. The Morgan fingerprint density at radius 2 is 1.91 bits per heavy atom. The van der Waals surface area contributed by atoms with Gasteiger partial charge in [-0.05, 0) is 24.3 Å². The van der Waals surface area contributed by atoms with E-state index in [4.69, 9.17) is 0 Å². The molecule has 110 valence electrons. The first kappa shape index (κ1) is 13.7. The van der Waals surface area contributed by atoms with E-state index in [0.717, 1.165) is 11.0 Å². The number of imidazole rings is 1. The molecular weight excluding hydrogens is 284 g/mol. The molecule has 22 heavy (non-hydrogen) atoms. The average Bonchev–Trinajstić information content (AvgIpc) is 2.91. The molecule has 0 aliphatic heterocycles. The van der Waals surface area contributed by atoms with Crippen molar-refractivity contribution < 1.29 is 9.72 Å². The molecule has 0 aliphatic carbocycles. The summed E-state index contributed by atoms with van der Waals surface area (Å²) in [7, 11) is 0. The molecule has 0 saturated heterocycles. The molecule has 0 atom stereocenters. The quantitative estimate of drug-likeness (QED) is 0.592. The van der Waals surface area contributed by atoms with Crippen molar-refractivity contribution in [2.75, 3.05) is 5.32 Å². The topological polar surface area (TPSA) is 90.1 Å². The summed E-state index contributed by atoms with van der Waals surface area (Å²) >= 11 is 0. The van der Waals surface area contributed by atoms with Crippen LogP contribution in [0.5, 0.6) is 0 Å². The first-order valence-corrected chi connectivity index (χ1v) is 6.57. The number of carbonyl (C=O) groups is 1. The molecule has 2 aromatic carbocycles. The van der Waals surface area contributed by atoms with Gasteiger partial charge in [0.1, 0.15) is 6.54 Å². The summed E-state index contributed by atoms with van der Waals surface area (Å²) in [6.07, 6.45) is 1.61. The fourth-order valence-electron chi connectivity index (χ4n) is 2.16. The Morgan fingerprint density at radius 3 is 2.64 bits per heavy atom. The van der Waals surface area contributed by atoms with Crippen LogP contribution in [0.25, 0.3) is 11.0 Å². The van der Waals surface area contributed by atoms with Gasteiger partial charge >= 0.3 is 0 Å². The third kappa shape index (κ3) is 2.78. The van der Waals surface area contributed by atoms with E-state index in [9.17, 15) is 14.9 Å². The lowest BCUT2D eigenvalue weighted by molar-refractivity contribution is -0.384. The molecule has 0 saturated carbocycles. The van der Waals surface area contributed by atoms with E-state index in [2.05, 4.69) is 10.3 Å². The molecule has 3 aromatic rings. The van der Waals surface area contributed by atoms with Crippen LogP contribution in [-0.4, -0.2) is 20.4 Å². The number of benzene rings is 2. The average molecular weight is 296 g/mol. The van der Waals surface area contributed by atoms with Crippen LogP contribution in [0.3, 0.4) is 0 Å². The molecule has 7 nitrogen and oxygen atoms in total. The maximum Gasteiger partial charge on any atom is 0.269 e. The molecule has 1 heterocycles. The van der Waals surface area contributed by atoms with Gasteiger partial charge in [0.2, 0.25) is 5.91 Å². The second-order valence-corrected chi connectivity index (χ2v) is 4.71. The number of nitrogens with one attached hydrogen (secondary N) is 1. The molecule has 7 heteroatoms. The van der Waals surface area contributed by atoms with Gasteiger partial charge in [0.25, 0.3) is 5.69 Å². The van der Waals surface area contributed by atoms with E-state index in [-0.39, 0.29) is 18.1 Å². The van der Waals surface area contributed by atoms with Crippen LogP contribution in [0.15, 0.2) is 54.9 Å². The second-order valence-electron chi connectivity index (χ2n) is 4.71. The van der Waals surface area contributed by atoms with Crippen LogP contribution in [0.2, 0.25) is 0 Å². The molecule has 0 fully saturated rings. The SMILES string of the molecule is O=C(Cn1cnc2ccccc21)Nc1ccc([N+](=O)[O-])cc1. The first-order valence-electron chi connectivity index (χ1n) is 6.57. The normalized spacial score (nSPS) is 10.5. The molecule has 0 radical (unpaired) electrons. The zero-order valence-electron chi connectivity index (χ0n) is 11.5. The van der Waals surface area contributed by atoms with Crippen molar-refractivity contribution in [1.29, 1.82) is 0 Å². The summed E-state index contributed by atoms with van der Waals surface area (Å²) < 4.78 is 1.75. The number of hydrogen-bond donors (Lipinski definition) is 1. The zero-order chi connectivity index (χ0) is 15.5. The molecule has 0 aliphatic rings. The number of fused-ring (bicyclic) bond motifs is 1. The van der Waals surface area contributed by atoms with Crippen molar-refractivity contribution in [1.82, 2.24) is 9.55 Å². The Bertz CT molecular complexity index is 839. The van der Waals surface area contributed by atoms with Crippen molar-refractivity contribution in [3.05, 3.63) is 65.0 Å². The zero-order valence-corrected chi connectivity index (χ0v) is 11.5. The van der Waals surface area contributed by atoms with Crippen LogP contribution >= 0.6 is 0 Å². The number of non-ortho nitro benzene ring substituents is 1. The molecule has 0 unspecified atom stereocenters. The summed E-state index contributed by atoms with van der Waals surface area (Å²) in [4.78, 5) is 26.4. The van der Waals surface area contributed by atoms with Crippen LogP contribution in [-0.2, 0) is 11.3 Å². The fraction of sp³-hybridized carbons (Fsp3) is 0.0667. The minimum Gasteiger partial charge on any atom is -0.325 e. The highest BCUT2D eigenvalue weighted by Gasteiger charge is 2.09. The number of carbonyl (C=O) groups excluding carboxylic acids is 1. The third-order valence-corrected chi connectivity index (χ3v) is 3.20. The summed E-state index contributed by atoms with van der Waals surface area (Å²) in [6.45, 7) is 0.123. The van der Waals surface area contributed by atoms with E-state index in [1.54, 1.807) is 10.9 Å². The highest BCUT2D eigenvalue weighted by molar-refractivity contribution is 5.91. The van der Waals surface area contributed by atoms with E-state index >= 15 is 0 Å². The van der Waals surface area contributed by atoms with Crippen molar-refractivity contribution in [2.45, 2.75) is 6.54 Å². The second kappa shape index (κ2) is 5.65. The number of amides is 1. The van der Waals surface area contributed by atoms with Gasteiger partial charge in [-0.3, -0.25) is 14.9 Å². The van der Waals surface area contributed by atoms with E-state index in [0.29, 0.717) is 5.69 Å². The fourth-order valence-corrected chi connectivity index (χ4v) is 2.16. The summed E-state index contributed by atoms with van der Waals surface area (Å²) in [6, 6.07) is 13.2. The lowest BCUT2D eigenvalue weighted by Gasteiger charge is -2.06. The minimum absolute atomic E-state index is 0.0152. The highest BCUT2D eigenvalue weighted by Crippen LogP contribution is 2.16. The number of nitro benzene ring substituents is 1. The number of para-hydroxylation sites is 2. The predicted molar refractivity (Wildman–Crippen MR) is 81.5 cm³/mol. The van der Waals surface area contributed by atoms with Gasteiger partial charge in [0.15, 0.2) is 0 Å². The van der Waals surface area contributed by atoms with E-state index in [1.165, 1.54) is 24.3 Å². The van der Waals surface area contributed by atoms with Gasteiger partial charge in [-0.2, -0.15) is 0 Å². The molecule has 3 rings (SSSR count). The number of nitrogens with zero attached hydrogens (tertiary/aromatic N) is 3. The smallest absolute Gasteiger partial charge is 0.269 e. The number of anilines is 1. The lowest BCUT2D eigenvalue weighted by Crippen LogP contribution is -2.18. The number of aromatic nitrogens is 2. The maximum absolute atomic E-state index is 12.0. The third-order valence-electron chi connectivity index (χ3n) is 3.20. The van der Waals surface area contributed by atoms with Crippen molar-refractivity contribution >= 4 is 28.3 Å². The van der Waals surface area contributed by atoms with Gasteiger partial charge in [0.05, 0.1) is 22.3 Å². The first-order chi connectivity index (χ1) is 10.6. The van der Waals surface area contributed by atoms with Gasteiger partial charge in [-0.15, -0.1) is 0 Å². The lowest BCUT2D eigenvalue weighted by atomic mass is 10.3. The molecule has 1 amide bonds. The Labute approximate surface area is 125 Å². The van der Waals surface area contributed by atoms with Gasteiger partial charge in [0, 0.05) is 17.8 Å². The predicted octanol–water partition coefficient (Wildman–Crippen LogP) is 2.58. The largest absolute Gasteiger partial charge is 0.325 e. The van der Waals surface area contributed by atoms with E-state index in [1.807, 2.05) is 24.3 Å². The van der Waals surface area contributed by atoms with Crippen LogP contribution in [0.1, 0.15) is 0 Å². The molecule has 1 aromatic heterocycles. The van der Waals surface area contributed by atoms with Crippen molar-refractivity contribution in [3.63, 3.8) is 0 Å². The van der Waals surface area contributed by atoms with Gasteiger partial charge < -0.3 is 9.88 Å². The summed E-state index contributed by atoms with van der Waals surface area (Å²) in [5.41, 5.74) is 2.20. The van der Waals surface area contributed by atoms with Crippen LogP contribution < -0.4 is 5.32 Å². The maximum atomic E-state index is 12.0. The van der Waals surface area contributed by atoms with E-state index < -0.39 is 4.92 Å². The molecule has 1 N–H and O–H groups in total. The van der Waals surface area contributed by atoms with Crippen molar-refractivity contribution in [3.8, 4) is 0 Å². The number of rotatable bonds is 4. The van der Waals surface area contributed by atoms with Crippen molar-refractivity contribution in [2.24, 2.45) is 0 Å². The molecule has 0 bridgehead atoms. The summed E-state index contributed by atoms with van der Waals surface area (Å²) in [5.74, 6) is -0.225. The Morgan fingerprint density at radius 1 is 1.18 bits per heavy atom.